The molecule has 0 amide bonds. The van der Waals surface area contributed by atoms with E-state index in [0.29, 0.717) is 6.04 Å². The van der Waals surface area contributed by atoms with Gasteiger partial charge in [-0.3, -0.25) is 0 Å². The van der Waals surface area contributed by atoms with Crippen molar-refractivity contribution in [2.75, 3.05) is 11.9 Å². The molecule has 2 nitrogen and oxygen atoms in total. The predicted octanol–water partition coefficient (Wildman–Crippen LogP) is 4.47. The Morgan fingerprint density at radius 3 is 2.41 bits per heavy atom. The average Bonchev–Trinajstić information content (AvgIpc) is 2.32. The molecule has 0 bridgehead atoms. The Kier molecular flexibility index (Phi) is 6.53. The normalized spacial score (nSPS) is 12.2. The summed E-state index contributed by atoms with van der Waals surface area (Å²) in [6, 6.07) is 8.75. The number of hydrogen-bond donors (Lipinski definition) is 1. The van der Waals surface area contributed by atoms with Gasteiger partial charge in [0.15, 0.2) is 0 Å². The van der Waals surface area contributed by atoms with E-state index >= 15 is 0 Å². The molecule has 2 heteroatoms. The molecule has 1 unspecified atom stereocenters. The van der Waals surface area contributed by atoms with Crippen molar-refractivity contribution in [3.63, 3.8) is 0 Å². The Bertz CT molecular complexity index is 294. The highest BCUT2D eigenvalue weighted by Gasteiger charge is 2.01. The zero-order chi connectivity index (χ0) is 12.5. The van der Waals surface area contributed by atoms with Crippen molar-refractivity contribution < 1.29 is 4.74 Å². The first-order valence-electron chi connectivity index (χ1n) is 6.75. The van der Waals surface area contributed by atoms with Gasteiger partial charge >= 0.3 is 0 Å². The van der Waals surface area contributed by atoms with Gasteiger partial charge in [-0.05, 0) is 44.5 Å². The summed E-state index contributed by atoms with van der Waals surface area (Å²) < 4.78 is 5.42. The quantitative estimate of drug-likeness (QED) is 0.671. The number of benzene rings is 1. The van der Waals surface area contributed by atoms with Gasteiger partial charge in [0.2, 0.25) is 0 Å². The first-order chi connectivity index (χ1) is 8.26. The summed E-state index contributed by atoms with van der Waals surface area (Å²) in [7, 11) is 0. The maximum absolute atomic E-state index is 5.42. The molecule has 0 saturated carbocycles. The molecule has 1 N–H and O–H groups in total. The Morgan fingerprint density at radius 2 is 1.82 bits per heavy atom. The van der Waals surface area contributed by atoms with Crippen LogP contribution in [0.2, 0.25) is 0 Å². The van der Waals surface area contributed by atoms with Gasteiger partial charge in [0.05, 0.1) is 6.61 Å². The standard InChI is InChI=1S/C15H25NO/c1-4-6-7-8-13(3)16-14-9-11-15(12-10-14)17-5-2/h9-13,16H,4-8H2,1-3H3. The van der Waals surface area contributed by atoms with Gasteiger partial charge < -0.3 is 10.1 Å². The highest BCUT2D eigenvalue weighted by atomic mass is 16.5. The molecule has 17 heavy (non-hydrogen) atoms. The molecule has 1 aromatic carbocycles. The number of nitrogens with one attached hydrogen (secondary N) is 1. The minimum atomic E-state index is 0.541. The third-order valence-corrected chi connectivity index (χ3v) is 2.82. The lowest BCUT2D eigenvalue weighted by atomic mass is 10.1. The summed E-state index contributed by atoms with van der Waals surface area (Å²) in [5.74, 6) is 0.941. The van der Waals surface area contributed by atoms with Crippen molar-refractivity contribution in [3.8, 4) is 5.75 Å². The summed E-state index contributed by atoms with van der Waals surface area (Å²) in [6.45, 7) is 7.21. The topological polar surface area (TPSA) is 21.3 Å². The van der Waals surface area contributed by atoms with Crippen LogP contribution in [0, 0.1) is 0 Å². The molecule has 0 fully saturated rings. The van der Waals surface area contributed by atoms with E-state index in [1.807, 2.05) is 19.1 Å². The molecule has 1 atom stereocenters. The van der Waals surface area contributed by atoms with Crippen LogP contribution in [0.25, 0.3) is 0 Å². The summed E-state index contributed by atoms with van der Waals surface area (Å²) in [6.07, 6.45) is 5.16. The number of unbranched alkanes of at least 4 members (excludes halogenated alkanes) is 2. The smallest absolute Gasteiger partial charge is 0.119 e. The second kappa shape index (κ2) is 7.99. The van der Waals surface area contributed by atoms with Crippen molar-refractivity contribution in [2.24, 2.45) is 0 Å². The third-order valence-electron chi connectivity index (χ3n) is 2.82. The van der Waals surface area contributed by atoms with Crippen molar-refractivity contribution in [3.05, 3.63) is 24.3 Å². The molecule has 1 aromatic rings. The third kappa shape index (κ3) is 5.62. The highest BCUT2D eigenvalue weighted by molar-refractivity contribution is 5.46. The molecule has 0 aliphatic carbocycles. The molecule has 0 aromatic heterocycles. The largest absolute Gasteiger partial charge is 0.494 e. The molecular weight excluding hydrogens is 210 g/mol. The monoisotopic (exact) mass is 235 g/mol. The van der Waals surface area contributed by atoms with Crippen LogP contribution in [-0.2, 0) is 0 Å². The summed E-state index contributed by atoms with van der Waals surface area (Å²) >= 11 is 0. The molecule has 0 heterocycles. The SMILES string of the molecule is CCCCCC(C)Nc1ccc(OCC)cc1. The summed E-state index contributed by atoms with van der Waals surface area (Å²) in [4.78, 5) is 0. The first kappa shape index (κ1) is 13.9. The molecule has 0 saturated heterocycles. The highest BCUT2D eigenvalue weighted by Crippen LogP contribution is 2.17. The van der Waals surface area contributed by atoms with E-state index in [2.05, 4.69) is 31.3 Å². The minimum Gasteiger partial charge on any atom is -0.494 e. The van der Waals surface area contributed by atoms with Crippen LogP contribution < -0.4 is 10.1 Å². The predicted molar refractivity (Wildman–Crippen MR) is 74.8 cm³/mol. The Balaban J connectivity index is 2.34. The van der Waals surface area contributed by atoms with Gasteiger partial charge in [0.1, 0.15) is 5.75 Å². The second-order valence-electron chi connectivity index (χ2n) is 4.50. The van der Waals surface area contributed by atoms with Crippen molar-refractivity contribution in [1.82, 2.24) is 0 Å². The van der Waals surface area contributed by atoms with Crippen LogP contribution in [0.5, 0.6) is 5.75 Å². The van der Waals surface area contributed by atoms with E-state index in [4.69, 9.17) is 4.74 Å². The molecule has 0 spiro atoms. The van der Waals surface area contributed by atoms with Crippen molar-refractivity contribution in [1.29, 1.82) is 0 Å². The molecule has 0 aliphatic heterocycles. The van der Waals surface area contributed by atoms with Crippen LogP contribution in [-0.4, -0.2) is 12.6 Å². The Hall–Kier alpha value is -1.18. The van der Waals surface area contributed by atoms with E-state index in [0.717, 1.165) is 12.4 Å². The van der Waals surface area contributed by atoms with Crippen LogP contribution in [0.4, 0.5) is 5.69 Å². The lowest BCUT2D eigenvalue weighted by Gasteiger charge is -2.15. The van der Waals surface area contributed by atoms with Crippen LogP contribution >= 0.6 is 0 Å². The summed E-state index contributed by atoms with van der Waals surface area (Å²) in [5, 5.41) is 3.51. The van der Waals surface area contributed by atoms with E-state index in [-0.39, 0.29) is 0 Å². The maximum Gasteiger partial charge on any atom is 0.119 e. The zero-order valence-corrected chi connectivity index (χ0v) is 11.3. The van der Waals surface area contributed by atoms with Gasteiger partial charge in [0.25, 0.3) is 0 Å². The fourth-order valence-corrected chi connectivity index (χ4v) is 1.87. The molecule has 1 rings (SSSR count). The van der Waals surface area contributed by atoms with Crippen LogP contribution in [0.1, 0.15) is 46.5 Å². The van der Waals surface area contributed by atoms with Crippen molar-refractivity contribution >= 4 is 5.69 Å². The molecule has 96 valence electrons. The fraction of sp³-hybridized carbons (Fsp3) is 0.600. The van der Waals surface area contributed by atoms with E-state index in [9.17, 15) is 0 Å². The first-order valence-corrected chi connectivity index (χ1v) is 6.75. The Morgan fingerprint density at radius 1 is 1.12 bits per heavy atom. The van der Waals surface area contributed by atoms with E-state index in [1.165, 1.54) is 31.4 Å². The van der Waals surface area contributed by atoms with Gasteiger partial charge in [-0.2, -0.15) is 0 Å². The van der Waals surface area contributed by atoms with Gasteiger partial charge in [-0.25, -0.2) is 0 Å². The Labute approximate surface area is 105 Å². The van der Waals surface area contributed by atoms with Crippen molar-refractivity contribution in [2.45, 2.75) is 52.5 Å². The lowest BCUT2D eigenvalue weighted by Crippen LogP contribution is -2.14. The number of hydrogen-bond acceptors (Lipinski definition) is 2. The molecule has 0 radical (unpaired) electrons. The second-order valence-corrected chi connectivity index (χ2v) is 4.50. The number of anilines is 1. The van der Waals surface area contributed by atoms with Gasteiger partial charge in [-0.15, -0.1) is 0 Å². The molecular formula is C15H25NO. The molecule has 0 aliphatic rings. The fourth-order valence-electron chi connectivity index (χ4n) is 1.87. The number of ether oxygens (including phenoxy) is 1. The van der Waals surface area contributed by atoms with Crippen LogP contribution in [0.3, 0.4) is 0 Å². The maximum atomic E-state index is 5.42. The van der Waals surface area contributed by atoms with Gasteiger partial charge in [-0.1, -0.05) is 26.2 Å². The van der Waals surface area contributed by atoms with E-state index < -0.39 is 0 Å². The zero-order valence-electron chi connectivity index (χ0n) is 11.3. The average molecular weight is 235 g/mol. The minimum absolute atomic E-state index is 0.541. The van der Waals surface area contributed by atoms with Crippen LogP contribution in [0.15, 0.2) is 24.3 Å². The van der Waals surface area contributed by atoms with E-state index in [1.54, 1.807) is 0 Å². The van der Waals surface area contributed by atoms with Gasteiger partial charge in [0, 0.05) is 11.7 Å². The number of rotatable bonds is 8. The summed E-state index contributed by atoms with van der Waals surface area (Å²) in [5.41, 5.74) is 1.18. The lowest BCUT2D eigenvalue weighted by molar-refractivity contribution is 0.340.